The van der Waals surface area contributed by atoms with Gasteiger partial charge in [0, 0.05) is 47.7 Å². The highest BCUT2D eigenvalue weighted by molar-refractivity contribution is 6.30. The third-order valence-corrected chi connectivity index (χ3v) is 6.25. The zero-order valence-corrected chi connectivity index (χ0v) is 18.8. The topological polar surface area (TPSA) is 58.4 Å². The summed E-state index contributed by atoms with van der Waals surface area (Å²) in [6, 6.07) is 24.5. The minimum absolute atomic E-state index is 0.00122. The average molecular weight is 459 g/mol. The number of piperazine rings is 1. The monoisotopic (exact) mass is 458 g/mol. The Bertz CT molecular complexity index is 1340. The van der Waals surface area contributed by atoms with E-state index in [2.05, 4.69) is 4.90 Å². The van der Waals surface area contributed by atoms with E-state index in [0.717, 1.165) is 16.6 Å². The van der Waals surface area contributed by atoms with Gasteiger partial charge in [0.05, 0.1) is 17.7 Å². The molecule has 6 nitrogen and oxygen atoms in total. The molecule has 0 unspecified atom stereocenters. The van der Waals surface area contributed by atoms with Crippen LogP contribution in [-0.2, 0) is 6.67 Å². The molecule has 0 atom stereocenters. The smallest absolute Gasteiger partial charge is 0.275 e. The fourth-order valence-electron chi connectivity index (χ4n) is 4.20. The molecule has 1 amide bonds. The van der Waals surface area contributed by atoms with Crippen molar-refractivity contribution in [2.75, 3.05) is 26.2 Å². The van der Waals surface area contributed by atoms with Gasteiger partial charge >= 0.3 is 0 Å². The molecule has 166 valence electrons. The molecule has 4 aromatic rings. The van der Waals surface area contributed by atoms with Gasteiger partial charge in [-0.2, -0.15) is 5.10 Å². The summed E-state index contributed by atoms with van der Waals surface area (Å²) in [5.74, 6) is -0.00122. The summed E-state index contributed by atoms with van der Waals surface area (Å²) in [5, 5.41) is 6.86. The fraction of sp³-hybridized carbons (Fsp3) is 0.192. The Morgan fingerprint density at radius 1 is 0.818 bits per heavy atom. The zero-order chi connectivity index (χ0) is 22.8. The van der Waals surface area contributed by atoms with E-state index in [1.54, 1.807) is 28.9 Å². The number of hydrogen-bond donors (Lipinski definition) is 0. The number of amides is 1. The number of hydrogen-bond acceptors (Lipinski definition) is 4. The Labute approximate surface area is 196 Å². The van der Waals surface area contributed by atoms with Crippen LogP contribution >= 0.6 is 11.6 Å². The normalized spacial score (nSPS) is 14.5. The second kappa shape index (κ2) is 9.17. The molecular weight excluding hydrogens is 436 g/mol. The van der Waals surface area contributed by atoms with Crippen molar-refractivity contribution in [2.45, 2.75) is 6.67 Å². The van der Waals surface area contributed by atoms with Crippen LogP contribution in [0.1, 0.15) is 10.4 Å². The van der Waals surface area contributed by atoms with Gasteiger partial charge in [-0.05, 0) is 30.3 Å². The van der Waals surface area contributed by atoms with Crippen LogP contribution in [0.25, 0.3) is 22.0 Å². The lowest BCUT2D eigenvalue weighted by molar-refractivity contribution is 0.0583. The fourth-order valence-corrected chi connectivity index (χ4v) is 4.32. The summed E-state index contributed by atoms with van der Waals surface area (Å²) in [5.41, 5.74) is 2.29. The summed E-state index contributed by atoms with van der Waals surface area (Å²) < 4.78 is 1.54. The number of aromatic nitrogens is 2. The van der Waals surface area contributed by atoms with E-state index < -0.39 is 0 Å². The summed E-state index contributed by atoms with van der Waals surface area (Å²) in [4.78, 5) is 29.9. The molecule has 0 radical (unpaired) electrons. The Morgan fingerprint density at radius 2 is 1.45 bits per heavy atom. The Morgan fingerprint density at radius 3 is 2.15 bits per heavy atom. The minimum Gasteiger partial charge on any atom is -0.336 e. The highest BCUT2D eigenvalue weighted by Crippen LogP contribution is 2.24. The average Bonchev–Trinajstić information content (AvgIpc) is 2.87. The third kappa shape index (κ3) is 4.40. The first-order valence-electron chi connectivity index (χ1n) is 10.9. The maximum atomic E-state index is 13.2. The van der Waals surface area contributed by atoms with E-state index >= 15 is 0 Å². The number of benzene rings is 3. The van der Waals surface area contributed by atoms with Crippen molar-refractivity contribution in [1.82, 2.24) is 19.6 Å². The Kier molecular flexibility index (Phi) is 5.94. The largest absolute Gasteiger partial charge is 0.336 e. The number of nitrogens with zero attached hydrogens (tertiary/aromatic N) is 4. The first-order valence-corrected chi connectivity index (χ1v) is 11.3. The number of halogens is 1. The van der Waals surface area contributed by atoms with Gasteiger partial charge in [0.25, 0.3) is 11.5 Å². The SMILES string of the molecule is O=C(c1ccc(Cl)cc1)N1CCN(Cn2nc(-c3ccccc3)c3ccccc3c2=O)CC1. The van der Waals surface area contributed by atoms with Crippen LogP contribution in [0.4, 0.5) is 0 Å². The molecule has 1 fully saturated rings. The van der Waals surface area contributed by atoms with Crippen LogP contribution in [0.2, 0.25) is 5.02 Å². The Hall–Kier alpha value is -3.48. The first kappa shape index (κ1) is 21.4. The molecular formula is C26H23ClN4O2. The molecule has 0 spiro atoms. The molecule has 1 saturated heterocycles. The molecule has 0 aliphatic carbocycles. The lowest BCUT2D eigenvalue weighted by Crippen LogP contribution is -2.50. The van der Waals surface area contributed by atoms with Gasteiger partial charge in [0.15, 0.2) is 0 Å². The summed E-state index contributed by atoms with van der Waals surface area (Å²) >= 11 is 5.93. The van der Waals surface area contributed by atoms with Crippen molar-refractivity contribution in [1.29, 1.82) is 0 Å². The standard InChI is InChI=1S/C26H23ClN4O2/c27-21-12-10-20(11-13-21)25(32)30-16-14-29(15-17-30)18-31-26(33)23-9-5-4-8-22(23)24(28-31)19-6-2-1-3-7-19/h1-13H,14-18H2. The van der Waals surface area contributed by atoms with Crippen LogP contribution in [0.3, 0.4) is 0 Å². The highest BCUT2D eigenvalue weighted by atomic mass is 35.5. The summed E-state index contributed by atoms with van der Waals surface area (Å²) in [6.07, 6.45) is 0. The van der Waals surface area contributed by atoms with Crippen molar-refractivity contribution in [2.24, 2.45) is 0 Å². The number of fused-ring (bicyclic) bond motifs is 1. The van der Waals surface area contributed by atoms with Crippen molar-refractivity contribution >= 4 is 28.3 Å². The van der Waals surface area contributed by atoms with Crippen LogP contribution in [-0.4, -0.2) is 51.7 Å². The van der Waals surface area contributed by atoms with Gasteiger partial charge in [-0.1, -0.05) is 60.1 Å². The molecule has 5 rings (SSSR count). The van der Waals surface area contributed by atoms with Gasteiger partial charge in [-0.25, -0.2) is 4.68 Å². The van der Waals surface area contributed by atoms with Crippen molar-refractivity contribution in [3.63, 3.8) is 0 Å². The zero-order valence-electron chi connectivity index (χ0n) is 18.0. The van der Waals surface area contributed by atoms with Crippen LogP contribution < -0.4 is 5.56 Å². The van der Waals surface area contributed by atoms with E-state index in [1.165, 1.54) is 0 Å². The molecule has 1 aliphatic heterocycles. The number of rotatable bonds is 4. The second-order valence-corrected chi connectivity index (χ2v) is 8.56. The Balaban J connectivity index is 1.36. The molecule has 7 heteroatoms. The summed E-state index contributed by atoms with van der Waals surface area (Å²) in [6.45, 7) is 2.90. The lowest BCUT2D eigenvalue weighted by atomic mass is 10.1. The van der Waals surface area contributed by atoms with Crippen LogP contribution in [0.5, 0.6) is 0 Å². The quantitative estimate of drug-likeness (QED) is 0.461. The van der Waals surface area contributed by atoms with E-state index in [-0.39, 0.29) is 11.5 Å². The molecule has 1 aliphatic rings. The molecule has 0 bridgehead atoms. The van der Waals surface area contributed by atoms with Gasteiger partial charge in [0.2, 0.25) is 0 Å². The van der Waals surface area contributed by atoms with Gasteiger partial charge in [0.1, 0.15) is 0 Å². The molecule has 1 aromatic heterocycles. The van der Waals surface area contributed by atoms with Crippen LogP contribution in [0, 0.1) is 0 Å². The number of carbonyl (C=O) groups excluding carboxylic acids is 1. The maximum absolute atomic E-state index is 13.2. The van der Waals surface area contributed by atoms with E-state index in [0.29, 0.717) is 48.8 Å². The molecule has 33 heavy (non-hydrogen) atoms. The van der Waals surface area contributed by atoms with E-state index in [4.69, 9.17) is 16.7 Å². The third-order valence-electron chi connectivity index (χ3n) is 6.00. The highest BCUT2D eigenvalue weighted by Gasteiger charge is 2.23. The van der Waals surface area contributed by atoms with Gasteiger partial charge < -0.3 is 4.90 Å². The number of carbonyl (C=O) groups is 1. The van der Waals surface area contributed by atoms with Crippen molar-refractivity contribution in [3.05, 3.63) is 99.8 Å². The molecule has 0 saturated carbocycles. The first-order chi connectivity index (χ1) is 16.1. The maximum Gasteiger partial charge on any atom is 0.275 e. The summed E-state index contributed by atoms with van der Waals surface area (Å²) in [7, 11) is 0. The van der Waals surface area contributed by atoms with Gasteiger partial charge in [-0.15, -0.1) is 0 Å². The predicted octanol–water partition coefficient (Wildman–Crippen LogP) is 4.13. The van der Waals surface area contributed by atoms with E-state index in [9.17, 15) is 9.59 Å². The minimum atomic E-state index is -0.107. The lowest BCUT2D eigenvalue weighted by Gasteiger charge is -2.34. The van der Waals surface area contributed by atoms with Gasteiger partial charge in [-0.3, -0.25) is 14.5 Å². The molecule has 3 aromatic carbocycles. The van der Waals surface area contributed by atoms with Crippen molar-refractivity contribution in [3.8, 4) is 11.3 Å². The second-order valence-electron chi connectivity index (χ2n) is 8.12. The molecule has 2 heterocycles. The molecule has 0 N–H and O–H groups in total. The van der Waals surface area contributed by atoms with Crippen molar-refractivity contribution < 1.29 is 4.79 Å². The van der Waals surface area contributed by atoms with E-state index in [1.807, 2.05) is 59.5 Å². The van der Waals surface area contributed by atoms with Crippen LogP contribution in [0.15, 0.2) is 83.7 Å². The predicted molar refractivity (Wildman–Crippen MR) is 130 cm³/mol.